The fraction of sp³-hybridized carbons (Fsp3) is 0.258. The summed E-state index contributed by atoms with van der Waals surface area (Å²) in [4.78, 5) is 40.0. The maximum atomic E-state index is 14.3. The van der Waals surface area contributed by atoms with Crippen molar-refractivity contribution in [3.63, 3.8) is 0 Å². The minimum absolute atomic E-state index is 0.0156. The number of halogens is 1. The molecule has 1 fully saturated rings. The van der Waals surface area contributed by atoms with Gasteiger partial charge in [0, 0.05) is 11.5 Å². The lowest BCUT2D eigenvalue weighted by molar-refractivity contribution is -0.387. The van der Waals surface area contributed by atoms with Crippen LogP contribution in [0.5, 0.6) is 11.5 Å². The number of ketones is 1. The fourth-order valence-corrected chi connectivity index (χ4v) is 6.98. The molecule has 3 aromatic carbocycles. The van der Waals surface area contributed by atoms with Crippen molar-refractivity contribution in [3.05, 3.63) is 116 Å². The first-order chi connectivity index (χ1) is 19.7. The normalized spacial score (nSPS) is 26.1. The van der Waals surface area contributed by atoms with E-state index >= 15 is 0 Å². The predicted molar refractivity (Wildman–Crippen MR) is 142 cm³/mol. The number of carbonyl (C=O) groups excluding carboxylic acids is 2. The van der Waals surface area contributed by atoms with Gasteiger partial charge in [0.2, 0.25) is 5.76 Å². The fourth-order valence-electron chi connectivity index (χ4n) is 6.98. The van der Waals surface area contributed by atoms with Crippen LogP contribution in [-0.4, -0.2) is 27.9 Å². The van der Waals surface area contributed by atoms with E-state index in [1.165, 1.54) is 19.1 Å². The van der Waals surface area contributed by atoms with Crippen LogP contribution in [0.15, 0.2) is 71.3 Å². The van der Waals surface area contributed by atoms with Crippen LogP contribution in [0.25, 0.3) is 0 Å². The first-order valence-electron chi connectivity index (χ1n) is 13.2. The number of aryl methyl sites for hydroxylation is 2. The molecule has 0 saturated heterocycles. The molecule has 4 aromatic rings. The van der Waals surface area contributed by atoms with Crippen molar-refractivity contribution in [2.45, 2.75) is 43.6 Å². The van der Waals surface area contributed by atoms with Crippen molar-refractivity contribution in [2.75, 3.05) is 0 Å². The quantitative estimate of drug-likeness (QED) is 0.136. The van der Waals surface area contributed by atoms with E-state index in [-0.39, 0.29) is 34.9 Å². The Balaban J connectivity index is 1.56. The Morgan fingerprint density at radius 1 is 1.02 bits per heavy atom. The summed E-state index contributed by atoms with van der Waals surface area (Å²) >= 11 is 0. The highest BCUT2D eigenvalue weighted by atomic mass is 19.1. The molecule has 0 N–H and O–H groups in total. The molecule has 0 radical (unpaired) electrons. The minimum atomic E-state index is -1.43. The topological polar surface area (TPSA) is 122 Å². The lowest BCUT2D eigenvalue weighted by atomic mass is 9.52. The molecular formula is C31H23FN2O7. The Morgan fingerprint density at radius 3 is 2.54 bits per heavy atom. The van der Waals surface area contributed by atoms with Crippen LogP contribution in [0.3, 0.4) is 0 Å². The van der Waals surface area contributed by atoms with Gasteiger partial charge in [0.05, 0.1) is 22.3 Å². The molecular weight excluding hydrogens is 531 g/mol. The SMILES string of the molecule is Cc1ccc([C@@H]2[C@@H](c3onc(C)c3[N+](=O)[O-])[C@@H]3Oc4ccc(F)cc4C(=O)[C@H]3C[C@]23C(=O)Oc2ccccc23)cc1. The number of fused-ring (bicyclic) bond motifs is 4. The van der Waals surface area contributed by atoms with Crippen LogP contribution in [-0.2, 0) is 10.2 Å². The van der Waals surface area contributed by atoms with Gasteiger partial charge in [0.15, 0.2) is 11.5 Å². The number of para-hydroxylation sites is 1. The van der Waals surface area contributed by atoms with Gasteiger partial charge in [0.1, 0.15) is 28.8 Å². The minimum Gasteiger partial charge on any atom is -0.488 e. The van der Waals surface area contributed by atoms with Crippen molar-refractivity contribution in [2.24, 2.45) is 5.92 Å². The summed E-state index contributed by atoms with van der Waals surface area (Å²) in [5.41, 5.74) is 0.565. The highest BCUT2D eigenvalue weighted by Gasteiger charge is 2.67. The molecule has 7 rings (SSSR count). The van der Waals surface area contributed by atoms with Crippen LogP contribution < -0.4 is 9.47 Å². The summed E-state index contributed by atoms with van der Waals surface area (Å²) in [7, 11) is 0. The molecule has 1 aromatic heterocycles. The first kappa shape index (κ1) is 25.1. The Morgan fingerprint density at radius 2 is 1.78 bits per heavy atom. The Hall–Kier alpha value is -4.86. The van der Waals surface area contributed by atoms with Crippen LogP contribution >= 0.6 is 0 Å². The monoisotopic (exact) mass is 554 g/mol. The van der Waals surface area contributed by atoms with E-state index < -0.39 is 51.8 Å². The highest BCUT2D eigenvalue weighted by Crippen LogP contribution is 2.64. The van der Waals surface area contributed by atoms with E-state index in [2.05, 4.69) is 5.16 Å². The molecule has 9 nitrogen and oxygen atoms in total. The summed E-state index contributed by atoms with van der Waals surface area (Å²) in [6.07, 6.45) is -0.998. The maximum absolute atomic E-state index is 14.3. The second kappa shape index (κ2) is 8.82. The number of nitrogens with zero attached hydrogens (tertiary/aromatic N) is 2. The molecule has 1 aliphatic carbocycles. The largest absolute Gasteiger partial charge is 0.488 e. The zero-order chi connectivity index (χ0) is 28.6. The zero-order valence-corrected chi connectivity index (χ0v) is 22.0. The van der Waals surface area contributed by atoms with Gasteiger partial charge in [-0.15, -0.1) is 0 Å². The molecule has 0 amide bonds. The second-order valence-electron chi connectivity index (χ2n) is 10.9. The van der Waals surface area contributed by atoms with Gasteiger partial charge in [-0.05, 0) is 50.1 Å². The van der Waals surface area contributed by atoms with Crippen molar-refractivity contribution in [3.8, 4) is 11.5 Å². The standard InChI is InChI=1S/C31H23FN2O7/c1-15-7-9-17(10-8-15)25-24(29-26(34(37)38)16(2)33-41-29)28-20(27(35)19-13-18(32)11-12-22(19)39-28)14-31(25)21-5-3-4-6-23(21)40-30(31)36/h3-13,20,24-25,28H,14H2,1-2H3/t20-,24-,25-,28-,31-/m1/s1. The second-order valence-corrected chi connectivity index (χ2v) is 10.9. The lowest BCUT2D eigenvalue weighted by Crippen LogP contribution is -2.57. The third-order valence-corrected chi connectivity index (χ3v) is 8.70. The number of hydrogen-bond donors (Lipinski definition) is 0. The Kier molecular flexibility index (Phi) is 5.41. The number of esters is 1. The molecule has 3 aliphatic rings. The van der Waals surface area contributed by atoms with Crippen LogP contribution in [0.1, 0.15) is 56.8 Å². The summed E-state index contributed by atoms with van der Waals surface area (Å²) in [6.45, 7) is 3.39. The third kappa shape index (κ3) is 3.49. The highest BCUT2D eigenvalue weighted by molar-refractivity contribution is 6.03. The maximum Gasteiger partial charge on any atom is 0.334 e. The lowest BCUT2D eigenvalue weighted by Gasteiger charge is -2.51. The summed E-state index contributed by atoms with van der Waals surface area (Å²) in [5, 5.41) is 16.3. The van der Waals surface area contributed by atoms with E-state index in [0.29, 0.717) is 16.9 Å². The number of hydrogen-bond acceptors (Lipinski definition) is 8. The molecule has 206 valence electrons. The number of ether oxygens (including phenoxy) is 2. The molecule has 3 heterocycles. The van der Waals surface area contributed by atoms with E-state index in [9.17, 15) is 24.1 Å². The van der Waals surface area contributed by atoms with E-state index in [0.717, 1.165) is 11.6 Å². The van der Waals surface area contributed by atoms with Gasteiger partial charge in [0.25, 0.3) is 0 Å². The van der Waals surface area contributed by atoms with E-state index in [4.69, 9.17) is 14.0 Å². The average Bonchev–Trinajstić information content (AvgIpc) is 3.47. The van der Waals surface area contributed by atoms with Gasteiger partial charge in [-0.25, -0.2) is 4.39 Å². The van der Waals surface area contributed by atoms with Gasteiger partial charge < -0.3 is 14.0 Å². The van der Waals surface area contributed by atoms with Gasteiger partial charge in [-0.2, -0.15) is 0 Å². The van der Waals surface area contributed by atoms with Crippen LogP contribution in [0, 0.1) is 35.7 Å². The predicted octanol–water partition coefficient (Wildman–Crippen LogP) is 5.73. The van der Waals surface area contributed by atoms with Crippen molar-refractivity contribution in [1.29, 1.82) is 0 Å². The molecule has 1 saturated carbocycles. The molecule has 10 heteroatoms. The summed E-state index contributed by atoms with van der Waals surface area (Å²) < 4.78 is 32.2. The van der Waals surface area contributed by atoms with Crippen molar-refractivity contribution < 1.29 is 32.9 Å². The number of rotatable bonds is 3. The average molecular weight is 555 g/mol. The number of benzene rings is 3. The molecule has 41 heavy (non-hydrogen) atoms. The zero-order valence-electron chi connectivity index (χ0n) is 22.0. The smallest absolute Gasteiger partial charge is 0.334 e. The van der Waals surface area contributed by atoms with E-state index in [1.807, 2.05) is 31.2 Å². The van der Waals surface area contributed by atoms with Crippen molar-refractivity contribution >= 4 is 17.4 Å². The van der Waals surface area contributed by atoms with Gasteiger partial charge in [-0.1, -0.05) is 53.2 Å². The van der Waals surface area contributed by atoms with Gasteiger partial charge >= 0.3 is 11.7 Å². The Bertz CT molecular complexity index is 1760. The molecule has 0 unspecified atom stereocenters. The summed E-state index contributed by atoms with van der Waals surface area (Å²) in [6, 6.07) is 18.2. The molecule has 1 spiro atoms. The summed E-state index contributed by atoms with van der Waals surface area (Å²) in [5.74, 6) is -3.98. The number of Topliss-reactive ketones (excluding diaryl/α,β-unsaturated/α-hetero) is 1. The number of carbonyl (C=O) groups is 2. The van der Waals surface area contributed by atoms with E-state index in [1.54, 1.807) is 24.3 Å². The Labute approximate surface area is 233 Å². The first-order valence-corrected chi connectivity index (χ1v) is 13.2. The molecule has 5 atom stereocenters. The number of nitro groups is 1. The van der Waals surface area contributed by atoms with Crippen molar-refractivity contribution in [1.82, 2.24) is 5.16 Å². The molecule has 0 bridgehead atoms. The number of aromatic nitrogens is 1. The van der Waals surface area contributed by atoms with Crippen LogP contribution in [0.2, 0.25) is 0 Å². The molecule has 2 aliphatic heterocycles. The third-order valence-electron chi connectivity index (χ3n) is 8.70. The van der Waals surface area contributed by atoms with Crippen LogP contribution in [0.4, 0.5) is 10.1 Å². The van der Waals surface area contributed by atoms with Gasteiger partial charge in [-0.3, -0.25) is 19.7 Å².